The molecule has 2 aromatic heterocycles. The third kappa shape index (κ3) is 0.942. The minimum absolute atomic E-state index is 0.981. The molecule has 0 saturated carbocycles. The minimum Gasteiger partial charge on any atom is -0.362 e. The maximum atomic E-state index is 4.78. The fourth-order valence-electron chi connectivity index (χ4n) is 1.39. The molecule has 0 fully saturated rings. The van der Waals surface area contributed by atoms with Crippen LogP contribution in [-0.2, 0) is 0 Å². The zero-order valence-corrected chi connectivity index (χ0v) is 7.11. The number of aromatic nitrogens is 2. The Balaban J connectivity index is 2.60. The monoisotopic (exact) mass is 162 g/mol. The van der Waals surface area contributed by atoms with Crippen molar-refractivity contribution in [3.63, 3.8) is 0 Å². The van der Waals surface area contributed by atoms with Gasteiger partial charge in [0.05, 0.1) is 6.20 Å². The average Bonchev–Trinajstić information content (AvgIpc) is 2.61. The summed E-state index contributed by atoms with van der Waals surface area (Å²) in [5.41, 5.74) is 3.36. The van der Waals surface area contributed by atoms with Gasteiger partial charge in [-0.15, -0.1) is 0 Å². The highest BCUT2D eigenvalue weighted by molar-refractivity contribution is 5.32. The zero-order chi connectivity index (χ0) is 8.55. The molecule has 0 aliphatic rings. The Morgan fingerprint density at radius 3 is 2.42 bits per heavy atom. The van der Waals surface area contributed by atoms with Crippen LogP contribution in [0, 0.1) is 13.8 Å². The maximum absolute atomic E-state index is 4.78. The molecule has 62 valence electrons. The van der Waals surface area contributed by atoms with E-state index in [4.69, 9.17) is 4.52 Å². The number of nitrogens with zero attached hydrogens (tertiary/aromatic N) is 2. The Bertz CT molecular complexity index is 354. The van der Waals surface area contributed by atoms with Crippen LogP contribution in [0.3, 0.4) is 0 Å². The highest BCUT2D eigenvalue weighted by atomic mass is 16.5. The Morgan fingerprint density at radius 1 is 1.25 bits per heavy atom. The van der Waals surface area contributed by atoms with Gasteiger partial charge in [0.25, 0.3) is 0 Å². The van der Waals surface area contributed by atoms with Crippen molar-refractivity contribution >= 4 is 0 Å². The highest BCUT2D eigenvalue weighted by Gasteiger charge is 2.04. The van der Waals surface area contributed by atoms with Crippen molar-refractivity contribution in [1.82, 2.24) is 9.72 Å². The van der Waals surface area contributed by atoms with E-state index in [1.165, 1.54) is 11.4 Å². The van der Waals surface area contributed by atoms with Gasteiger partial charge in [0.1, 0.15) is 12.0 Å². The van der Waals surface area contributed by atoms with Crippen molar-refractivity contribution in [2.24, 2.45) is 0 Å². The molecule has 2 aromatic rings. The van der Waals surface area contributed by atoms with E-state index in [1.54, 1.807) is 12.5 Å². The number of aryl methyl sites for hydroxylation is 2. The van der Waals surface area contributed by atoms with E-state index in [2.05, 4.69) is 35.7 Å². The third-order valence-corrected chi connectivity index (χ3v) is 1.95. The molecule has 0 spiro atoms. The van der Waals surface area contributed by atoms with Crippen molar-refractivity contribution in [1.29, 1.82) is 0 Å². The molecule has 3 heteroatoms. The van der Waals surface area contributed by atoms with Gasteiger partial charge in [0, 0.05) is 11.4 Å². The van der Waals surface area contributed by atoms with Crippen LogP contribution in [0.1, 0.15) is 11.4 Å². The van der Waals surface area contributed by atoms with E-state index in [-0.39, 0.29) is 0 Å². The van der Waals surface area contributed by atoms with Gasteiger partial charge in [-0.1, -0.05) is 5.16 Å². The molecule has 2 rings (SSSR count). The van der Waals surface area contributed by atoms with Gasteiger partial charge in [-0.3, -0.25) is 0 Å². The van der Waals surface area contributed by atoms with Gasteiger partial charge in [0.2, 0.25) is 0 Å². The molecule has 0 atom stereocenters. The predicted molar refractivity (Wildman–Crippen MR) is 45.3 cm³/mol. The lowest BCUT2D eigenvalue weighted by Crippen LogP contribution is -1.95. The van der Waals surface area contributed by atoms with Crippen LogP contribution < -0.4 is 0 Å². The number of hydrogen-bond acceptors (Lipinski definition) is 2. The molecule has 0 aliphatic carbocycles. The van der Waals surface area contributed by atoms with Crippen LogP contribution in [0.4, 0.5) is 0 Å². The largest absolute Gasteiger partial charge is 0.362 e. The summed E-state index contributed by atoms with van der Waals surface area (Å²) in [6, 6.07) is 4.14. The first-order valence-electron chi connectivity index (χ1n) is 3.84. The van der Waals surface area contributed by atoms with E-state index in [0.717, 1.165) is 5.69 Å². The van der Waals surface area contributed by atoms with Gasteiger partial charge in [-0.2, -0.15) is 0 Å². The van der Waals surface area contributed by atoms with Gasteiger partial charge < -0.3 is 9.09 Å². The molecule has 0 N–H and O–H groups in total. The molecular weight excluding hydrogens is 152 g/mol. The molecule has 0 aromatic carbocycles. The first-order chi connectivity index (χ1) is 5.79. The van der Waals surface area contributed by atoms with Crippen LogP contribution in [0.25, 0.3) is 5.69 Å². The second-order valence-electron chi connectivity index (χ2n) is 2.83. The molecule has 12 heavy (non-hydrogen) atoms. The first-order valence-corrected chi connectivity index (χ1v) is 3.84. The molecule has 3 nitrogen and oxygen atoms in total. The van der Waals surface area contributed by atoms with Crippen LogP contribution in [0.15, 0.2) is 29.1 Å². The Kier molecular flexibility index (Phi) is 1.50. The average molecular weight is 162 g/mol. The Hall–Kier alpha value is -1.51. The summed E-state index contributed by atoms with van der Waals surface area (Å²) < 4.78 is 6.87. The first kappa shape index (κ1) is 7.16. The Morgan fingerprint density at radius 2 is 1.92 bits per heavy atom. The highest BCUT2D eigenvalue weighted by Crippen LogP contribution is 2.14. The van der Waals surface area contributed by atoms with Crippen molar-refractivity contribution < 1.29 is 4.52 Å². The summed E-state index contributed by atoms with van der Waals surface area (Å²) in [7, 11) is 0. The summed E-state index contributed by atoms with van der Waals surface area (Å²) >= 11 is 0. The lowest BCUT2D eigenvalue weighted by atomic mass is 10.4. The summed E-state index contributed by atoms with van der Waals surface area (Å²) in [6.45, 7) is 4.11. The fraction of sp³-hybridized carbons (Fsp3) is 0.222. The SMILES string of the molecule is Cc1ccc(C)n1-c1cnoc1. The van der Waals surface area contributed by atoms with Crippen molar-refractivity contribution in [2.75, 3.05) is 0 Å². The molecule has 0 aliphatic heterocycles. The van der Waals surface area contributed by atoms with Crippen molar-refractivity contribution in [2.45, 2.75) is 13.8 Å². The van der Waals surface area contributed by atoms with Crippen molar-refractivity contribution in [3.05, 3.63) is 36.0 Å². The zero-order valence-electron chi connectivity index (χ0n) is 7.11. The molecule has 0 amide bonds. The van der Waals surface area contributed by atoms with E-state index >= 15 is 0 Å². The fourth-order valence-corrected chi connectivity index (χ4v) is 1.39. The lowest BCUT2D eigenvalue weighted by molar-refractivity contribution is 0.419. The number of rotatable bonds is 1. The molecule has 0 saturated heterocycles. The quantitative estimate of drug-likeness (QED) is 0.642. The van der Waals surface area contributed by atoms with Gasteiger partial charge in [-0.05, 0) is 26.0 Å². The second-order valence-corrected chi connectivity index (χ2v) is 2.83. The molecular formula is C9H10N2O. The van der Waals surface area contributed by atoms with Crippen LogP contribution in [0.2, 0.25) is 0 Å². The van der Waals surface area contributed by atoms with E-state index < -0.39 is 0 Å². The summed E-state index contributed by atoms with van der Waals surface area (Å²) in [5.74, 6) is 0. The van der Waals surface area contributed by atoms with E-state index in [9.17, 15) is 0 Å². The summed E-state index contributed by atoms with van der Waals surface area (Å²) in [5, 5.41) is 3.66. The van der Waals surface area contributed by atoms with Gasteiger partial charge >= 0.3 is 0 Å². The van der Waals surface area contributed by atoms with E-state index in [0.29, 0.717) is 0 Å². The van der Waals surface area contributed by atoms with E-state index in [1.807, 2.05) is 0 Å². The maximum Gasteiger partial charge on any atom is 0.147 e. The number of hydrogen-bond donors (Lipinski definition) is 0. The minimum atomic E-state index is 0.981. The smallest absolute Gasteiger partial charge is 0.147 e. The second kappa shape index (κ2) is 2.52. The molecule has 0 bridgehead atoms. The molecule has 2 heterocycles. The standard InChI is InChI=1S/C9H10N2O/c1-7-3-4-8(2)11(7)9-5-10-12-6-9/h3-6H,1-2H3. The molecule has 0 radical (unpaired) electrons. The topological polar surface area (TPSA) is 31.0 Å². The van der Waals surface area contributed by atoms with Gasteiger partial charge in [-0.25, -0.2) is 0 Å². The normalized spacial score (nSPS) is 10.5. The lowest BCUT2D eigenvalue weighted by Gasteiger charge is -2.03. The third-order valence-electron chi connectivity index (χ3n) is 1.95. The van der Waals surface area contributed by atoms with Crippen LogP contribution in [-0.4, -0.2) is 9.72 Å². The molecule has 0 unspecified atom stereocenters. The van der Waals surface area contributed by atoms with Crippen molar-refractivity contribution in [3.8, 4) is 5.69 Å². The summed E-state index contributed by atoms with van der Waals surface area (Å²) in [6.07, 6.45) is 3.35. The van der Waals surface area contributed by atoms with Crippen LogP contribution in [0.5, 0.6) is 0 Å². The van der Waals surface area contributed by atoms with Gasteiger partial charge in [0.15, 0.2) is 0 Å². The predicted octanol–water partition coefficient (Wildman–Crippen LogP) is 2.08. The summed E-state index contributed by atoms with van der Waals surface area (Å²) in [4.78, 5) is 0. The Labute approximate surface area is 70.6 Å². The van der Waals surface area contributed by atoms with Crippen LogP contribution >= 0.6 is 0 Å².